The van der Waals surface area contributed by atoms with Gasteiger partial charge in [-0.3, -0.25) is 14.4 Å². The first-order valence-electron chi connectivity index (χ1n) is 21.5. The molecular formula is C44H70N8O5. The number of hydrogen-bond donors (Lipinski definition) is 8. The smallest absolute Gasteiger partial charge is 0.242 e. The van der Waals surface area contributed by atoms with Crippen molar-refractivity contribution in [2.24, 2.45) is 11.5 Å². The van der Waals surface area contributed by atoms with Crippen molar-refractivity contribution in [1.29, 1.82) is 0 Å². The van der Waals surface area contributed by atoms with Gasteiger partial charge in [-0.1, -0.05) is 82.7 Å². The van der Waals surface area contributed by atoms with Crippen molar-refractivity contribution in [3.8, 4) is 0 Å². The van der Waals surface area contributed by atoms with Gasteiger partial charge in [0.15, 0.2) is 0 Å². The maximum atomic E-state index is 13.7. The maximum Gasteiger partial charge on any atom is 0.242 e. The molecule has 1 aromatic rings. The first kappa shape index (κ1) is 46.9. The fourth-order valence-electron chi connectivity index (χ4n) is 7.17. The Hall–Kier alpha value is -4.45. The summed E-state index contributed by atoms with van der Waals surface area (Å²) in [6.07, 6.45) is 16.1. The third-order valence-electron chi connectivity index (χ3n) is 10.8. The summed E-state index contributed by atoms with van der Waals surface area (Å²) in [5, 5.41) is 18.9. The Morgan fingerprint density at radius 1 is 0.719 bits per heavy atom. The Labute approximate surface area is 340 Å². The van der Waals surface area contributed by atoms with E-state index in [0.717, 1.165) is 107 Å². The van der Waals surface area contributed by atoms with Crippen molar-refractivity contribution in [3.05, 3.63) is 64.1 Å². The molecule has 0 radical (unpaired) electrons. The number of allylic oxidation sites excluding steroid dienone is 2. The molecule has 0 aliphatic heterocycles. The summed E-state index contributed by atoms with van der Waals surface area (Å²) in [5.74, 6) is 1.01. The molecule has 2 aliphatic carbocycles. The SMILES string of the molecule is CCCCCCC(NC(=O)[C@@H](N)CCCC)C(NCC(=O)NC(CCCCN)C(=O)NCC(=C=O)NC(Cc1ccccc1)C(NCC=O)=C1CCC1)=C1CCC1. The number of amides is 3. The normalized spacial score (nSPS) is 15.3. The molecule has 3 amide bonds. The van der Waals surface area contributed by atoms with Gasteiger partial charge in [-0.15, -0.1) is 0 Å². The summed E-state index contributed by atoms with van der Waals surface area (Å²) < 4.78 is 0. The molecule has 0 spiro atoms. The van der Waals surface area contributed by atoms with Crippen molar-refractivity contribution in [3.63, 3.8) is 0 Å². The van der Waals surface area contributed by atoms with Crippen LogP contribution in [0.1, 0.15) is 129 Å². The fourth-order valence-corrected chi connectivity index (χ4v) is 7.17. The molecule has 13 nitrogen and oxygen atoms in total. The molecule has 316 valence electrons. The Bertz CT molecular complexity index is 1510. The third-order valence-corrected chi connectivity index (χ3v) is 10.8. The van der Waals surface area contributed by atoms with E-state index in [0.29, 0.717) is 38.6 Å². The molecule has 10 N–H and O–H groups in total. The number of unbranched alkanes of at least 4 members (excludes halogenated alkanes) is 5. The van der Waals surface area contributed by atoms with E-state index in [2.05, 4.69) is 45.7 Å². The molecule has 4 atom stereocenters. The van der Waals surface area contributed by atoms with Crippen LogP contribution in [0.3, 0.4) is 0 Å². The lowest BCUT2D eigenvalue weighted by molar-refractivity contribution is -0.128. The highest BCUT2D eigenvalue weighted by Crippen LogP contribution is 2.31. The number of rotatable bonds is 30. The van der Waals surface area contributed by atoms with Gasteiger partial charge >= 0.3 is 0 Å². The minimum Gasteiger partial charge on any atom is -0.380 e. The summed E-state index contributed by atoms with van der Waals surface area (Å²) in [7, 11) is 0. The molecule has 3 rings (SSSR count). The van der Waals surface area contributed by atoms with Crippen LogP contribution in [0, 0.1) is 0 Å². The fraction of sp³-hybridized carbons (Fsp3) is 0.636. The number of carbonyl (C=O) groups is 4. The topological polar surface area (TPSA) is 210 Å². The molecular weight excluding hydrogens is 721 g/mol. The molecule has 0 heterocycles. The summed E-state index contributed by atoms with van der Waals surface area (Å²) in [6, 6.07) is 7.77. The van der Waals surface area contributed by atoms with Gasteiger partial charge < -0.3 is 48.2 Å². The van der Waals surface area contributed by atoms with Gasteiger partial charge in [0.1, 0.15) is 24.0 Å². The van der Waals surface area contributed by atoms with Gasteiger partial charge in [-0.2, -0.15) is 0 Å². The summed E-state index contributed by atoms with van der Waals surface area (Å²) in [6.45, 7) is 4.63. The van der Waals surface area contributed by atoms with E-state index in [4.69, 9.17) is 11.5 Å². The standard InChI is InChI=1S/C44H70N8O5/c1-3-5-7-11-23-37(52-43(56)36(46)22-6-4-2)41(33-18-14-19-33)48-30-40(55)51-38(24-12-13-25-45)44(57)49-29-35(31-54)50-39(28-32-16-9-8-10-17-32)42(47-26-27-53)34-20-15-21-34/h8-10,16-17,27,36-39,47-48,50H,3-7,11-15,18-26,28-30,45-46H2,1-2H3,(H,49,57)(H,51,55)(H,52,56)/t36-,37?,38?,39?/m0/s1. The average molecular weight is 791 g/mol. The second kappa shape index (κ2) is 27.2. The minimum atomic E-state index is -0.860. The van der Waals surface area contributed by atoms with E-state index in [-0.39, 0.29) is 49.2 Å². The van der Waals surface area contributed by atoms with Crippen LogP contribution >= 0.6 is 0 Å². The Morgan fingerprint density at radius 3 is 1.96 bits per heavy atom. The van der Waals surface area contributed by atoms with E-state index >= 15 is 0 Å². The van der Waals surface area contributed by atoms with Crippen molar-refractivity contribution in [2.75, 3.05) is 26.2 Å². The highest BCUT2D eigenvalue weighted by molar-refractivity contribution is 5.88. The highest BCUT2D eigenvalue weighted by Gasteiger charge is 2.28. The number of nitrogens with two attached hydrogens (primary N) is 2. The molecule has 57 heavy (non-hydrogen) atoms. The predicted octanol–water partition coefficient (Wildman–Crippen LogP) is 3.86. The van der Waals surface area contributed by atoms with E-state index in [9.17, 15) is 24.0 Å². The monoisotopic (exact) mass is 791 g/mol. The van der Waals surface area contributed by atoms with Crippen LogP contribution in [0.4, 0.5) is 0 Å². The van der Waals surface area contributed by atoms with E-state index in [1.165, 1.54) is 11.1 Å². The zero-order chi connectivity index (χ0) is 41.3. The predicted molar refractivity (Wildman–Crippen MR) is 226 cm³/mol. The molecule has 2 aliphatic rings. The van der Waals surface area contributed by atoms with Crippen LogP contribution < -0.4 is 43.4 Å². The largest absolute Gasteiger partial charge is 0.380 e. The van der Waals surface area contributed by atoms with E-state index < -0.39 is 18.0 Å². The van der Waals surface area contributed by atoms with Crippen LogP contribution in [-0.2, 0) is 30.4 Å². The number of hydrogen-bond acceptors (Lipinski definition) is 10. The van der Waals surface area contributed by atoms with Gasteiger partial charge in [0.25, 0.3) is 0 Å². The molecule has 0 bridgehead atoms. The van der Waals surface area contributed by atoms with Gasteiger partial charge in [0, 0.05) is 11.4 Å². The molecule has 3 unspecified atom stereocenters. The lowest BCUT2D eigenvalue weighted by Crippen LogP contribution is -2.52. The average Bonchev–Trinajstić information content (AvgIpc) is 3.17. The quantitative estimate of drug-likeness (QED) is 0.0321. The van der Waals surface area contributed by atoms with Gasteiger partial charge in [0.05, 0.1) is 37.8 Å². The maximum absolute atomic E-state index is 13.7. The third kappa shape index (κ3) is 16.9. The number of nitrogens with one attached hydrogen (secondary N) is 6. The van der Waals surface area contributed by atoms with E-state index in [1.807, 2.05) is 36.3 Å². The van der Waals surface area contributed by atoms with Gasteiger partial charge in [0.2, 0.25) is 17.7 Å². The van der Waals surface area contributed by atoms with Gasteiger partial charge in [-0.05, 0) is 100 Å². The Balaban J connectivity index is 1.70. The second-order valence-corrected chi connectivity index (χ2v) is 15.4. The van der Waals surface area contributed by atoms with Crippen molar-refractivity contribution < 1.29 is 24.0 Å². The van der Waals surface area contributed by atoms with Crippen LogP contribution in [0.25, 0.3) is 0 Å². The zero-order valence-corrected chi connectivity index (χ0v) is 34.5. The molecule has 2 fully saturated rings. The number of carbonyl (C=O) groups excluding carboxylic acids is 5. The summed E-state index contributed by atoms with van der Waals surface area (Å²) in [5.41, 5.74) is 17.4. The lowest BCUT2D eigenvalue weighted by Gasteiger charge is -2.31. The Morgan fingerprint density at radius 2 is 1.37 bits per heavy atom. The van der Waals surface area contributed by atoms with Crippen LogP contribution in [0.2, 0.25) is 0 Å². The molecule has 13 heteroatoms. The van der Waals surface area contributed by atoms with Crippen LogP contribution in [0.5, 0.6) is 0 Å². The first-order chi connectivity index (χ1) is 27.7. The van der Waals surface area contributed by atoms with Crippen LogP contribution in [0.15, 0.2) is 58.6 Å². The van der Waals surface area contributed by atoms with Crippen LogP contribution in [-0.4, -0.2) is 80.3 Å². The van der Waals surface area contributed by atoms with Crippen molar-refractivity contribution >= 4 is 29.9 Å². The summed E-state index contributed by atoms with van der Waals surface area (Å²) in [4.78, 5) is 64.0. The zero-order valence-electron chi connectivity index (χ0n) is 34.5. The Kier molecular flexibility index (Phi) is 22.4. The number of aldehydes is 1. The van der Waals surface area contributed by atoms with Crippen molar-refractivity contribution in [1.82, 2.24) is 31.9 Å². The molecule has 0 aromatic heterocycles. The van der Waals surface area contributed by atoms with Crippen molar-refractivity contribution in [2.45, 2.75) is 154 Å². The lowest BCUT2D eigenvalue weighted by atomic mass is 9.86. The highest BCUT2D eigenvalue weighted by atomic mass is 16.2. The molecule has 2 saturated carbocycles. The molecule has 0 saturated heterocycles. The van der Waals surface area contributed by atoms with E-state index in [1.54, 1.807) is 0 Å². The number of benzene rings is 1. The second-order valence-electron chi connectivity index (χ2n) is 15.4. The molecule has 1 aromatic carbocycles. The first-order valence-corrected chi connectivity index (χ1v) is 21.5. The van der Waals surface area contributed by atoms with Gasteiger partial charge in [-0.25, -0.2) is 4.79 Å². The summed E-state index contributed by atoms with van der Waals surface area (Å²) >= 11 is 0. The minimum absolute atomic E-state index is 0.0732.